The topological polar surface area (TPSA) is 63.1 Å². The third-order valence-corrected chi connectivity index (χ3v) is 5.34. The Labute approximate surface area is 153 Å². The number of aromatic nitrogens is 3. The van der Waals surface area contributed by atoms with E-state index in [1.165, 1.54) is 30.2 Å². The molecule has 25 heavy (non-hydrogen) atoms. The summed E-state index contributed by atoms with van der Waals surface area (Å²) in [7, 11) is 0. The molecule has 0 radical (unpaired) electrons. The van der Waals surface area contributed by atoms with Gasteiger partial charge in [0.15, 0.2) is 5.16 Å². The van der Waals surface area contributed by atoms with E-state index in [0.29, 0.717) is 6.54 Å². The molecule has 1 aliphatic heterocycles. The number of amides is 1. The van der Waals surface area contributed by atoms with Gasteiger partial charge in [0.2, 0.25) is 11.9 Å². The molecule has 134 valence electrons. The molecule has 0 aliphatic carbocycles. The van der Waals surface area contributed by atoms with Crippen molar-refractivity contribution >= 4 is 23.6 Å². The Bertz CT molecular complexity index is 722. The number of carbonyl (C=O) groups excluding carboxylic acids is 1. The maximum absolute atomic E-state index is 12.1. The van der Waals surface area contributed by atoms with E-state index >= 15 is 0 Å². The van der Waals surface area contributed by atoms with Crippen molar-refractivity contribution in [3.05, 3.63) is 29.8 Å². The number of hydrogen-bond acceptors (Lipinski definition) is 5. The van der Waals surface area contributed by atoms with Crippen molar-refractivity contribution in [1.29, 1.82) is 0 Å². The zero-order valence-corrected chi connectivity index (χ0v) is 15.8. The Kier molecular flexibility index (Phi) is 5.63. The Morgan fingerprint density at radius 2 is 1.92 bits per heavy atom. The molecule has 2 aromatic rings. The van der Waals surface area contributed by atoms with Gasteiger partial charge in [-0.2, -0.15) is 0 Å². The molecule has 1 amide bonds. The molecule has 1 fully saturated rings. The van der Waals surface area contributed by atoms with Crippen molar-refractivity contribution < 1.29 is 4.79 Å². The minimum Gasteiger partial charge on any atom is -0.355 e. The fourth-order valence-electron chi connectivity index (χ4n) is 2.91. The molecule has 1 saturated heterocycles. The van der Waals surface area contributed by atoms with Crippen LogP contribution < -0.4 is 10.2 Å². The van der Waals surface area contributed by atoms with Crippen molar-refractivity contribution in [3.8, 4) is 5.69 Å². The van der Waals surface area contributed by atoms with Crippen molar-refractivity contribution in [2.24, 2.45) is 0 Å². The van der Waals surface area contributed by atoms with E-state index in [1.807, 2.05) is 13.8 Å². The summed E-state index contributed by atoms with van der Waals surface area (Å²) in [6.45, 7) is 8.54. The molecule has 1 N–H and O–H groups in total. The first-order valence-corrected chi connectivity index (χ1v) is 9.70. The zero-order valence-electron chi connectivity index (χ0n) is 15.0. The zero-order chi connectivity index (χ0) is 17.8. The van der Waals surface area contributed by atoms with Crippen LogP contribution in [0.2, 0.25) is 0 Å². The molecule has 7 heteroatoms. The van der Waals surface area contributed by atoms with Crippen LogP contribution in [0.25, 0.3) is 5.69 Å². The van der Waals surface area contributed by atoms with Gasteiger partial charge in [-0.1, -0.05) is 29.5 Å². The Morgan fingerprint density at radius 3 is 2.56 bits per heavy atom. The summed E-state index contributed by atoms with van der Waals surface area (Å²) in [5, 5.41) is 12.2. The molecule has 2 heterocycles. The van der Waals surface area contributed by atoms with E-state index in [9.17, 15) is 4.79 Å². The second-order valence-corrected chi connectivity index (χ2v) is 7.61. The molecule has 3 rings (SSSR count). The fraction of sp³-hybridized carbons (Fsp3) is 0.500. The van der Waals surface area contributed by atoms with Crippen molar-refractivity contribution in [1.82, 2.24) is 20.1 Å². The van der Waals surface area contributed by atoms with Gasteiger partial charge < -0.3 is 10.2 Å². The van der Waals surface area contributed by atoms with E-state index in [1.54, 1.807) is 0 Å². The molecule has 6 nitrogen and oxygen atoms in total. The summed E-state index contributed by atoms with van der Waals surface area (Å²) >= 11 is 1.45. The molecule has 0 saturated carbocycles. The van der Waals surface area contributed by atoms with E-state index in [-0.39, 0.29) is 11.2 Å². The second kappa shape index (κ2) is 7.91. The molecule has 0 spiro atoms. The predicted molar refractivity (Wildman–Crippen MR) is 102 cm³/mol. The normalized spacial score (nSPS) is 15.4. The van der Waals surface area contributed by atoms with Crippen molar-refractivity contribution in [3.63, 3.8) is 0 Å². The summed E-state index contributed by atoms with van der Waals surface area (Å²) in [5.74, 6) is 0.889. The number of nitrogens with one attached hydrogen (secondary N) is 1. The Morgan fingerprint density at radius 1 is 1.24 bits per heavy atom. The number of carbonyl (C=O) groups is 1. The largest absolute Gasteiger partial charge is 0.355 e. The van der Waals surface area contributed by atoms with E-state index < -0.39 is 0 Å². The minimum absolute atomic E-state index is 0.0219. The number of hydrogen-bond donors (Lipinski definition) is 1. The Hall–Kier alpha value is -2.02. The van der Waals surface area contributed by atoms with Crippen LogP contribution in [0.5, 0.6) is 0 Å². The highest BCUT2D eigenvalue weighted by Crippen LogP contribution is 2.30. The third-order valence-electron chi connectivity index (χ3n) is 4.30. The van der Waals surface area contributed by atoms with Crippen LogP contribution >= 0.6 is 11.8 Å². The summed E-state index contributed by atoms with van der Waals surface area (Å²) < 4.78 is 2.07. The molecule has 1 aromatic carbocycles. The lowest BCUT2D eigenvalue weighted by atomic mass is 10.2. The lowest BCUT2D eigenvalue weighted by molar-refractivity contribution is -0.120. The van der Waals surface area contributed by atoms with Gasteiger partial charge in [-0.15, -0.1) is 10.2 Å². The number of anilines is 1. The van der Waals surface area contributed by atoms with Gasteiger partial charge in [0.1, 0.15) is 0 Å². The highest BCUT2D eigenvalue weighted by atomic mass is 32.2. The molecule has 0 unspecified atom stereocenters. The van der Waals surface area contributed by atoms with Gasteiger partial charge >= 0.3 is 0 Å². The van der Waals surface area contributed by atoms with Crippen LogP contribution in [-0.4, -0.2) is 45.6 Å². The first-order valence-electron chi connectivity index (χ1n) is 8.82. The predicted octanol–water partition coefficient (Wildman–Crippen LogP) is 2.79. The van der Waals surface area contributed by atoms with Crippen LogP contribution in [0.15, 0.2) is 29.4 Å². The first kappa shape index (κ1) is 17.8. The summed E-state index contributed by atoms with van der Waals surface area (Å²) in [4.78, 5) is 14.4. The second-order valence-electron chi connectivity index (χ2n) is 6.30. The molecule has 0 bridgehead atoms. The molecular formula is C18H25N5OS. The van der Waals surface area contributed by atoms with Gasteiger partial charge in [0.25, 0.3) is 0 Å². The molecule has 1 aliphatic rings. The van der Waals surface area contributed by atoms with Gasteiger partial charge in [-0.25, -0.2) is 0 Å². The lowest BCUT2D eigenvalue weighted by Crippen LogP contribution is -2.30. The number of thioether (sulfide) groups is 1. The summed E-state index contributed by atoms with van der Waals surface area (Å²) in [5.41, 5.74) is 2.24. The summed E-state index contributed by atoms with van der Waals surface area (Å²) in [6, 6.07) is 8.34. The van der Waals surface area contributed by atoms with Gasteiger partial charge in [0, 0.05) is 19.6 Å². The smallest absolute Gasteiger partial charge is 0.233 e. The van der Waals surface area contributed by atoms with Crippen LogP contribution in [0.4, 0.5) is 5.95 Å². The SMILES string of the molecule is CCNC(=O)[C@H](C)Sc1nnc(N2CCCC2)n1-c1ccc(C)cc1. The molecule has 1 atom stereocenters. The quantitative estimate of drug-likeness (QED) is 0.804. The van der Waals surface area contributed by atoms with Crippen LogP contribution in [-0.2, 0) is 4.79 Å². The molecule has 1 aromatic heterocycles. The van der Waals surface area contributed by atoms with Crippen molar-refractivity contribution in [2.45, 2.75) is 44.0 Å². The average Bonchev–Trinajstić information content (AvgIpc) is 3.25. The highest BCUT2D eigenvalue weighted by molar-refractivity contribution is 8.00. The molecular weight excluding hydrogens is 334 g/mol. The Balaban J connectivity index is 1.94. The van der Waals surface area contributed by atoms with Crippen molar-refractivity contribution in [2.75, 3.05) is 24.5 Å². The number of rotatable bonds is 6. The minimum atomic E-state index is -0.222. The van der Waals surface area contributed by atoms with E-state index in [2.05, 4.69) is 56.2 Å². The third kappa shape index (κ3) is 3.98. The van der Waals surface area contributed by atoms with Crippen LogP contribution in [0.3, 0.4) is 0 Å². The average molecular weight is 359 g/mol. The fourth-order valence-corrected chi connectivity index (χ4v) is 3.80. The van der Waals surface area contributed by atoms with E-state index in [0.717, 1.165) is 29.9 Å². The first-order chi connectivity index (χ1) is 12.1. The van der Waals surface area contributed by atoms with Crippen LogP contribution in [0, 0.1) is 6.92 Å². The van der Waals surface area contributed by atoms with E-state index in [4.69, 9.17) is 0 Å². The van der Waals surface area contributed by atoms with Crippen LogP contribution in [0.1, 0.15) is 32.3 Å². The standard InChI is InChI=1S/C18H25N5OS/c1-4-19-16(24)14(3)25-18-21-20-17(22-11-5-6-12-22)23(18)15-9-7-13(2)8-10-15/h7-10,14H,4-6,11-12H2,1-3H3,(H,19,24)/t14-/m0/s1. The highest BCUT2D eigenvalue weighted by Gasteiger charge is 2.25. The number of aryl methyl sites for hydroxylation is 1. The lowest BCUT2D eigenvalue weighted by Gasteiger charge is -2.19. The maximum Gasteiger partial charge on any atom is 0.233 e. The number of nitrogens with zero attached hydrogens (tertiary/aromatic N) is 4. The summed E-state index contributed by atoms with van der Waals surface area (Å²) in [6.07, 6.45) is 2.36. The van der Waals surface area contributed by atoms with Gasteiger partial charge in [-0.3, -0.25) is 9.36 Å². The maximum atomic E-state index is 12.1. The van der Waals surface area contributed by atoms with Gasteiger partial charge in [-0.05, 0) is 45.7 Å². The van der Waals surface area contributed by atoms with Gasteiger partial charge in [0.05, 0.1) is 10.9 Å². The monoisotopic (exact) mass is 359 g/mol. The number of benzene rings is 1.